The van der Waals surface area contributed by atoms with Gasteiger partial charge in [-0.25, -0.2) is 4.79 Å². The molecule has 2 aliphatic rings. The molecule has 1 aliphatic carbocycles. The summed E-state index contributed by atoms with van der Waals surface area (Å²) in [6.07, 6.45) is 3.03. The van der Waals surface area contributed by atoms with Crippen LogP contribution in [-0.2, 0) is 9.59 Å². The fraction of sp³-hybridized carbons (Fsp3) is 0.750. The van der Waals surface area contributed by atoms with Crippen LogP contribution in [0.5, 0.6) is 0 Å². The van der Waals surface area contributed by atoms with Crippen molar-refractivity contribution in [3.63, 3.8) is 0 Å². The average molecular weight is 253 g/mol. The van der Waals surface area contributed by atoms with Crippen LogP contribution in [-0.4, -0.2) is 40.9 Å². The van der Waals surface area contributed by atoms with Gasteiger partial charge in [0.05, 0.1) is 0 Å². The van der Waals surface area contributed by atoms with Crippen LogP contribution in [0.15, 0.2) is 0 Å². The molecule has 6 heteroatoms. The Morgan fingerprint density at radius 3 is 2.50 bits per heavy atom. The minimum Gasteiger partial charge on any atom is -0.352 e. The Balaban J connectivity index is 2.09. The lowest BCUT2D eigenvalue weighted by atomic mass is 9.91. The normalized spacial score (nSPS) is 22.0. The highest BCUT2D eigenvalue weighted by molar-refractivity contribution is 6.08. The van der Waals surface area contributed by atoms with E-state index in [-0.39, 0.29) is 24.4 Å². The standard InChI is InChI=1S/C12H19N3O3/c1-3-12(4-2)10(17)14-11(18)15(12)7-9(16)13-8-5-6-8/h8H,3-7H2,1-2H3,(H,13,16)(H,14,17,18). The highest BCUT2D eigenvalue weighted by Crippen LogP contribution is 2.29. The van der Waals surface area contributed by atoms with Crippen LogP contribution in [0.3, 0.4) is 0 Å². The van der Waals surface area contributed by atoms with Crippen LogP contribution in [0.25, 0.3) is 0 Å². The molecule has 2 rings (SSSR count). The van der Waals surface area contributed by atoms with Gasteiger partial charge in [0.2, 0.25) is 5.91 Å². The van der Waals surface area contributed by atoms with Crippen LogP contribution in [0, 0.1) is 0 Å². The van der Waals surface area contributed by atoms with Gasteiger partial charge in [-0.2, -0.15) is 0 Å². The molecule has 0 aromatic carbocycles. The SMILES string of the molecule is CCC1(CC)C(=O)NC(=O)N1CC(=O)NC1CC1. The Kier molecular flexibility index (Phi) is 3.28. The predicted octanol–water partition coefficient (Wildman–Crippen LogP) is 0.376. The number of hydrogen-bond acceptors (Lipinski definition) is 3. The van der Waals surface area contributed by atoms with Gasteiger partial charge in [-0.3, -0.25) is 14.9 Å². The van der Waals surface area contributed by atoms with E-state index in [2.05, 4.69) is 10.6 Å². The summed E-state index contributed by atoms with van der Waals surface area (Å²) in [7, 11) is 0. The zero-order chi connectivity index (χ0) is 13.3. The van der Waals surface area contributed by atoms with Gasteiger partial charge >= 0.3 is 6.03 Å². The maximum absolute atomic E-state index is 11.9. The van der Waals surface area contributed by atoms with Crippen molar-refractivity contribution < 1.29 is 14.4 Å². The molecule has 18 heavy (non-hydrogen) atoms. The van der Waals surface area contributed by atoms with E-state index in [1.54, 1.807) is 0 Å². The third kappa shape index (κ3) is 2.07. The molecule has 0 aromatic rings. The molecule has 6 nitrogen and oxygen atoms in total. The largest absolute Gasteiger partial charge is 0.352 e. The summed E-state index contributed by atoms with van der Waals surface area (Å²) in [6, 6.07) is -0.203. The topological polar surface area (TPSA) is 78.5 Å². The van der Waals surface area contributed by atoms with Crippen molar-refractivity contribution in [2.24, 2.45) is 0 Å². The summed E-state index contributed by atoms with van der Waals surface area (Å²) in [5.41, 5.74) is -0.863. The van der Waals surface area contributed by atoms with E-state index in [1.807, 2.05) is 13.8 Å². The van der Waals surface area contributed by atoms with Gasteiger partial charge < -0.3 is 10.2 Å². The van der Waals surface area contributed by atoms with Crippen LogP contribution in [0.1, 0.15) is 39.5 Å². The number of carbonyl (C=O) groups is 3. The summed E-state index contributed by atoms with van der Waals surface area (Å²) >= 11 is 0. The summed E-state index contributed by atoms with van der Waals surface area (Å²) < 4.78 is 0. The van der Waals surface area contributed by atoms with Gasteiger partial charge in [0.25, 0.3) is 5.91 Å². The first-order valence-electron chi connectivity index (χ1n) is 6.46. The van der Waals surface area contributed by atoms with Crippen LogP contribution < -0.4 is 10.6 Å². The number of rotatable bonds is 5. The first-order chi connectivity index (χ1) is 8.53. The minimum absolute atomic E-state index is 0.0459. The molecule has 0 aromatic heterocycles. The van der Waals surface area contributed by atoms with Crippen molar-refractivity contribution >= 4 is 17.8 Å². The predicted molar refractivity (Wildman–Crippen MR) is 64.7 cm³/mol. The summed E-state index contributed by atoms with van der Waals surface area (Å²) in [5, 5.41) is 5.13. The lowest BCUT2D eigenvalue weighted by Crippen LogP contribution is -2.52. The van der Waals surface area contributed by atoms with Gasteiger partial charge in [0.15, 0.2) is 0 Å². The Morgan fingerprint density at radius 1 is 1.39 bits per heavy atom. The lowest BCUT2D eigenvalue weighted by molar-refractivity contribution is -0.129. The first-order valence-corrected chi connectivity index (χ1v) is 6.46. The van der Waals surface area contributed by atoms with Crippen molar-refractivity contribution in [3.8, 4) is 0 Å². The number of imide groups is 1. The van der Waals surface area contributed by atoms with Crippen molar-refractivity contribution in [1.29, 1.82) is 0 Å². The van der Waals surface area contributed by atoms with Crippen molar-refractivity contribution in [2.45, 2.75) is 51.1 Å². The molecule has 1 saturated carbocycles. The van der Waals surface area contributed by atoms with Gasteiger partial charge in [-0.1, -0.05) is 13.8 Å². The Labute approximate surface area is 106 Å². The molecule has 0 unspecified atom stereocenters. The third-order valence-electron chi connectivity index (χ3n) is 3.82. The molecule has 2 N–H and O–H groups in total. The van der Waals surface area contributed by atoms with E-state index < -0.39 is 11.6 Å². The van der Waals surface area contributed by atoms with Gasteiger partial charge in [0, 0.05) is 6.04 Å². The van der Waals surface area contributed by atoms with Crippen LogP contribution in [0.4, 0.5) is 4.79 Å². The van der Waals surface area contributed by atoms with Gasteiger partial charge in [-0.05, 0) is 25.7 Å². The Morgan fingerprint density at radius 2 is 2.00 bits per heavy atom. The number of urea groups is 1. The molecule has 0 atom stereocenters. The smallest absolute Gasteiger partial charge is 0.325 e. The molecule has 0 radical (unpaired) electrons. The quantitative estimate of drug-likeness (QED) is 0.695. The fourth-order valence-corrected chi connectivity index (χ4v) is 2.42. The molecule has 100 valence electrons. The molecule has 1 saturated heterocycles. The molecule has 4 amide bonds. The van der Waals surface area contributed by atoms with E-state index in [0.29, 0.717) is 12.8 Å². The third-order valence-corrected chi connectivity index (χ3v) is 3.82. The lowest BCUT2D eigenvalue weighted by Gasteiger charge is -2.32. The second-order valence-electron chi connectivity index (χ2n) is 4.93. The van der Waals surface area contributed by atoms with Crippen LogP contribution in [0.2, 0.25) is 0 Å². The second kappa shape index (κ2) is 4.59. The van der Waals surface area contributed by atoms with E-state index >= 15 is 0 Å². The maximum Gasteiger partial charge on any atom is 0.325 e. The molecule has 1 heterocycles. The second-order valence-corrected chi connectivity index (χ2v) is 4.93. The van der Waals surface area contributed by atoms with E-state index in [0.717, 1.165) is 12.8 Å². The summed E-state index contributed by atoms with van der Waals surface area (Å²) in [4.78, 5) is 36.8. The number of amides is 4. The molecule has 0 bridgehead atoms. The fourth-order valence-electron chi connectivity index (χ4n) is 2.42. The highest BCUT2D eigenvalue weighted by atomic mass is 16.2. The van der Waals surface area contributed by atoms with Crippen molar-refractivity contribution in [3.05, 3.63) is 0 Å². The van der Waals surface area contributed by atoms with Crippen molar-refractivity contribution in [2.75, 3.05) is 6.54 Å². The summed E-state index contributed by atoms with van der Waals surface area (Å²) in [6.45, 7) is 3.66. The number of carbonyl (C=O) groups excluding carboxylic acids is 3. The number of nitrogens with zero attached hydrogens (tertiary/aromatic N) is 1. The minimum atomic E-state index is -0.863. The number of hydrogen-bond donors (Lipinski definition) is 2. The van der Waals surface area contributed by atoms with Crippen LogP contribution >= 0.6 is 0 Å². The Hall–Kier alpha value is -1.59. The van der Waals surface area contributed by atoms with Gasteiger partial charge in [-0.15, -0.1) is 0 Å². The van der Waals surface area contributed by atoms with E-state index in [9.17, 15) is 14.4 Å². The molecular weight excluding hydrogens is 234 g/mol. The average Bonchev–Trinajstić information content (AvgIpc) is 3.09. The van der Waals surface area contributed by atoms with E-state index in [4.69, 9.17) is 0 Å². The Bertz CT molecular complexity index is 386. The van der Waals surface area contributed by atoms with Crippen molar-refractivity contribution in [1.82, 2.24) is 15.5 Å². The molecular formula is C12H19N3O3. The molecule has 0 spiro atoms. The maximum atomic E-state index is 11.9. The zero-order valence-corrected chi connectivity index (χ0v) is 10.8. The molecule has 1 aliphatic heterocycles. The molecule has 2 fully saturated rings. The first kappa shape index (κ1) is 12.9. The highest BCUT2D eigenvalue weighted by Gasteiger charge is 2.50. The number of nitrogens with one attached hydrogen (secondary N) is 2. The van der Waals surface area contributed by atoms with E-state index in [1.165, 1.54) is 4.90 Å². The van der Waals surface area contributed by atoms with Gasteiger partial charge in [0.1, 0.15) is 12.1 Å². The zero-order valence-electron chi connectivity index (χ0n) is 10.8. The monoisotopic (exact) mass is 253 g/mol. The summed E-state index contributed by atoms with van der Waals surface area (Å²) in [5.74, 6) is -0.481.